The van der Waals surface area contributed by atoms with Gasteiger partial charge in [0.25, 0.3) is 10.0 Å². The van der Waals surface area contributed by atoms with Crippen molar-refractivity contribution in [3.05, 3.63) is 71.8 Å². The molecule has 0 saturated carbocycles. The molecule has 0 fully saturated rings. The minimum Gasteiger partial charge on any atom is -0.497 e. The van der Waals surface area contributed by atoms with Crippen molar-refractivity contribution in [3.8, 4) is 11.5 Å². The van der Waals surface area contributed by atoms with Gasteiger partial charge in [-0.3, -0.25) is 9.10 Å². The van der Waals surface area contributed by atoms with Crippen molar-refractivity contribution in [1.82, 2.24) is 4.31 Å². The number of hydrogen-bond donors (Lipinski definition) is 1. The Bertz CT molecular complexity index is 1540. The summed E-state index contributed by atoms with van der Waals surface area (Å²) < 4.78 is 65.4. The first-order chi connectivity index (χ1) is 17.8. The lowest BCUT2D eigenvalue weighted by Crippen LogP contribution is -2.38. The zero-order valence-corrected chi connectivity index (χ0v) is 23.7. The summed E-state index contributed by atoms with van der Waals surface area (Å²) in [6, 6.07) is 15.3. The number of ether oxygens (including phenoxy) is 2. The number of nitrogens with one attached hydrogen (secondary N) is 1. The van der Waals surface area contributed by atoms with E-state index in [1.807, 2.05) is 0 Å². The van der Waals surface area contributed by atoms with Crippen LogP contribution in [0.25, 0.3) is 0 Å². The average molecular weight is 562 g/mol. The summed E-state index contributed by atoms with van der Waals surface area (Å²) in [5.74, 6) is -0.0244. The van der Waals surface area contributed by atoms with Crippen LogP contribution in [0.5, 0.6) is 11.5 Å². The molecular weight excluding hydrogens is 530 g/mol. The fraction of sp³-hybridized carbons (Fsp3) is 0.269. The van der Waals surface area contributed by atoms with Gasteiger partial charge in [-0.25, -0.2) is 21.1 Å². The number of sulfonamides is 2. The lowest BCUT2D eigenvalue weighted by atomic mass is 10.2. The van der Waals surface area contributed by atoms with Gasteiger partial charge in [-0.1, -0.05) is 12.1 Å². The molecule has 0 unspecified atom stereocenters. The molecule has 0 saturated heterocycles. The van der Waals surface area contributed by atoms with Gasteiger partial charge in [0.05, 0.1) is 24.8 Å². The average Bonchev–Trinajstić information content (AvgIpc) is 2.88. The SMILES string of the molecule is COc1ccc(N(CC(=O)Nc2cc(S(=O)(=O)N(C)C)ccc2C)S(=O)(=O)c2cc(C)ccc2OC)cc1. The monoisotopic (exact) mass is 561 g/mol. The molecular formula is C26H31N3O7S2. The molecule has 3 aromatic carbocycles. The highest BCUT2D eigenvalue weighted by molar-refractivity contribution is 7.93. The molecule has 0 bridgehead atoms. The zero-order valence-electron chi connectivity index (χ0n) is 22.0. The van der Waals surface area contributed by atoms with E-state index < -0.39 is 32.5 Å². The molecule has 0 radical (unpaired) electrons. The summed E-state index contributed by atoms with van der Waals surface area (Å²) in [6.45, 7) is 2.87. The number of aryl methyl sites for hydroxylation is 2. The predicted octanol–water partition coefficient (Wildman–Crippen LogP) is 3.40. The second-order valence-corrected chi connectivity index (χ2v) is 12.7. The van der Waals surface area contributed by atoms with Gasteiger partial charge in [-0.05, 0) is 73.5 Å². The summed E-state index contributed by atoms with van der Waals surface area (Å²) in [6.07, 6.45) is 0. The summed E-state index contributed by atoms with van der Waals surface area (Å²) in [7, 11) is -2.35. The zero-order chi connectivity index (χ0) is 28.3. The number of methoxy groups -OCH3 is 2. The third kappa shape index (κ3) is 6.09. The molecule has 1 amide bonds. The molecule has 0 aromatic heterocycles. The fourth-order valence-electron chi connectivity index (χ4n) is 3.59. The maximum absolute atomic E-state index is 13.9. The van der Waals surface area contributed by atoms with Crippen molar-refractivity contribution in [3.63, 3.8) is 0 Å². The smallest absolute Gasteiger partial charge is 0.268 e. The van der Waals surface area contributed by atoms with Crippen molar-refractivity contribution in [1.29, 1.82) is 0 Å². The highest BCUT2D eigenvalue weighted by atomic mass is 32.2. The van der Waals surface area contributed by atoms with Crippen LogP contribution in [0, 0.1) is 13.8 Å². The summed E-state index contributed by atoms with van der Waals surface area (Å²) in [5.41, 5.74) is 1.77. The van der Waals surface area contributed by atoms with Crippen LogP contribution in [0.15, 0.2) is 70.5 Å². The highest BCUT2D eigenvalue weighted by Gasteiger charge is 2.30. The highest BCUT2D eigenvalue weighted by Crippen LogP contribution is 2.32. The molecule has 0 heterocycles. The van der Waals surface area contributed by atoms with Crippen LogP contribution in [0.2, 0.25) is 0 Å². The topological polar surface area (TPSA) is 122 Å². The second kappa shape index (κ2) is 11.4. The van der Waals surface area contributed by atoms with E-state index in [2.05, 4.69) is 5.32 Å². The molecule has 38 heavy (non-hydrogen) atoms. The molecule has 0 aliphatic rings. The maximum Gasteiger partial charge on any atom is 0.268 e. The first kappa shape index (κ1) is 29.0. The lowest BCUT2D eigenvalue weighted by Gasteiger charge is -2.25. The van der Waals surface area contributed by atoms with Crippen molar-refractivity contribution < 1.29 is 31.1 Å². The van der Waals surface area contributed by atoms with Gasteiger partial charge in [-0.2, -0.15) is 0 Å². The Hall–Kier alpha value is -3.61. The first-order valence-electron chi connectivity index (χ1n) is 11.5. The Kier molecular flexibility index (Phi) is 8.70. The summed E-state index contributed by atoms with van der Waals surface area (Å²) in [5, 5.41) is 2.66. The molecule has 0 aliphatic carbocycles. The quantitative estimate of drug-likeness (QED) is 0.403. The molecule has 3 rings (SSSR count). The number of nitrogens with zero attached hydrogens (tertiary/aromatic N) is 2. The molecule has 0 aliphatic heterocycles. The van der Waals surface area contributed by atoms with E-state index in [0.717, 1.165) is 8.61 Å². The fourth-order valence-corrected chi connectivity index (χ4v) is 6.19. The van der Waals surface area contributed by atoms with Gasteiger partial charge >= 0.3 is 0 Å². The van der Waals surface area contributed by atoms with Crippen LogP contribution in [-0.2, 0) is 24.8 Å². The van der Waals surface area contributed by atoms with Gasteiger partial charge in [0, 0.05) is 19.8 Å². The van der Waals surface area contributed by atoms with E-state index in [1.165, 1.54) is 58.6 Å². The molecule has 0 spiro atoms. The molecule has 1 N–H and O–H groups in total. The maximum atomic E-state index is 13.9. The van der Waals surface area contributed by atoms with Gasteiger partial charge in [0.1, 0.15) is 22.9 Å². The van der Waals surface area contributed by atoms with Crippen LogP contribution < -0.4 is 19.1 Å². The molecule has 12 heteroatoms. The van der Waals surface area contributed by atoms with Crippen LogP contribution in [0.3, 0.4) is 0 Å². The standard InChI is InChI=1S/C26H31N3O7S2/c1-18-7-14-24(36-6)25(15-18)38(33,34)29(20-9-11-21(35-5)12-10-20)17-26(30)27-23-16-22(13-8-19(23)2)37(31,32)28(3)4/h7-16H,17H2,1-6H3,(H,27,30). The van der Waals surface area contributed by atoms with Crippen molar-refractivity contribution in [2.24, 2.45) is 0 Å². The van der Waals surface area contributed by atoms with Gasteiger partial charge < -0.3 is 14.8 Å². The van der Waals surface area contributed by atoms with E-state index in [4.69, 9.17) is 9.47 Å². The van der Waals surface area contributed by atoms with Gasteiger partial charge in [-0.15, -0.1) is 0 Å². The van der Waals surface area contributed by atoms with Crippen LogP contribution in [-0.4, -0.2) is 61.9 Å². The third-order valence-corrected chi connectivity index (χ3v) is 9.40. The Morgan fingerprint density at radius 1 is 0.842 bits per heavy atom. The summed E-state index contributed by atoms with van der Waals surface area (Å²) in [4.78, 5) is 13.1. The van der Waals surface area contributed by atoms with E-state index in [9.17, 15) is 21.6 Å². The molecule has 3 aromatic rings. The minimum absolute atomic E-state index is 0.00692. The number of carbonyl (C=O) groups excluding carboxylic acids is 1. The Morgan fingerprint density at radius 2 is 1.50 bits per heavy atom. The third-order valence-electron chi connectivity index (χ3n) is 5.80. The second-order valence-electron chi connectivity index (χ2n) is 8.68. The van der Waals surface area contributed by atoms with E-state index >= 15 is 0 Å². The number of hydrogen-bond acceptors (Lipinski definition) is 7. The number of amides is 1. The summed E-state index contributed by atoms with van der Waals surface area (Å²) >= 11 is 0. The number of benzene rings is 3. The predicted molar refractivity (Wildman–Crippen MR) is 146 cm³/mol. The number of carbonyl (C=O) groups is 1. The Morgan fingerprint density at radius 3 is 2.08 bits per heavy atom. The number of anilines is 2. The van der Waals surface area contributed by atoms with Gasteiger partial charge in [0.15, 0.2) is 0 Å². The molecule has 10 nitrogen and oxygen atoms in total. The normalized spacial score (nSPS) is 11.8. The van der Waals surface area contributed by atoms with E-state index in [1.54, 1.807) is 44.2 Å². The molecule has 0 atom stereocenters. The first-order valence-corrected chi connectivity index (χ1v) is 14.3. The van der Waals surface area contributed by atoms with Crippen molar-refractivity contribution >= 4 is 37.3 Å². The molecule has 204 valence electrons. The Balaban J connectivity index is 2.03. The van der Waals surface area contributed by atoms with Crippen LogP contribution in [0.4, 0.5) is 11.4 Å². The van der Waals surface area contributed by atoms with Crippen LogP contribution >= 0.6 is 0 Å². The van der Waals surface area contributed by atoms with E-state index in [-0.39, 0.29) is 26.9 Å². The Labute approximate surface area is 223 Å². The van der Waals surface area contributed by atoms with Crippen molar-refractivity contribution in [2.45, 2.75) is 23.6 Å². The minimum atomic E-state index is -4.27. The largest absolute Gasteiger partial charge is 0.497 e. The lowest BCUT2D eigenvalue weighted by molar-refractivity contribution is -0.114. The van der Waals surface area contributed by atoms with Crippen LogP contribution in [0.1, 0.15) is 11.1 Å². The van der Waals surface area contributed by atoms with Crippen molar-refractivity contribution in [2.75, 3.05) is 44.5 Å². The number of rotatable bonds is 10. The van der Waals surface area contributed by atoms with E-state index in [0.29, 0.717) is 16.9 Å². The van der Waals surface area contributed by atoms with Gasteiger partial charge in [0.2, 0.25) is 15.9 Å².